The summed E-state index contributed by atoms with van der Waals surface area (Å²) in [6.07, 6.45) is 4.65. The summed E-state index contributed by atoms with van der Waals surface area (Å²) in [6.45, 7) is 4.47. The first-order valence-corrected chi connectivity index (χ1v) is 8.40. The van der Waals surface area contributed by atoms with Gasteiger partial charge >= 0.3 is 6.03 Å². The number of nitrogens with one attached hydrogen (secondary N) is 3. The van der Waals surface area contributed by atoms with Gasteiger partial charge in [0.25, 0.3) is 0 Å². The number of nitrogens with zero attached hydrogens (tertiary/aromatic N) is 1. The number of fused-ring (bicyclic) bond motifs is 1. The Morgan fingerprint density at radius 2 is 2.25 bits per heavy atom. The monoisotopic (exact) mass is 328 g/mol. The molecule has 1 aromatic heterocycles. The lowest BCUT2D eigenvalue weighted by atomic mass is 9.94. The van der Waals surface area contributed by atoms with E-state index in [0.717, 1.165) is 30.5 Å². The number of aromatic nitrogens is 2. The molecule has 1 aromatic carbocycles. The second-order valence-corrected chi connectivity index (χ2v) is 6.43. The van der Waals surface area contributed by atoms with Crippen LogP contribution in [0.5, 0.6) is 0 Å². The van der Waals surface area contributed by atoms with Gasteiger partial charge in [0, 0.05) is 23.0 Å². The molecule has 3 N–H and O–H groups in total. The van der Waals surface area contributed by atoms with Crippen molar-refractivity contribution in [3.8, 4) is 0 Å². The lowest BCUT2D eigenvalue weighted by Crippen LogP contribution is -2.41. The molecule has 0 aliphatic heterocycles. The molecule has 2 amide bonds. The molecule has 3 rings (SSSR count). The summed E-state index contributed by atoms with van der Waals surface area (Å²) in [4.78, 5) is 12.3. The van der Waals surface area contributed by atoms with Crippen molar-refractivity contribution in [1.29, 1.82) is 0 Å². The highest BCUT2D eigenvalue weighted by Crippen LogP contribution is 2.20. The largest absolute Gasteiger partial charge is 0.374 e. The highest BCUT2D eigenvalue weighted by Gasteiger charge is 2.21. The van der Waals surface area contributed by atoms with Gasteiger partial charge in [-0.2, -0.15) is 5.10 Å². The van der Waals surface area contributed by atoms with Crippen molar-refractivity contribution in [2.75, 3.05) is 5.32 Å². The summed E-state index contributed by atoms with van der Waals surface area (Å²) in [5.74, 6) is 0. The number of ether oxygens (including phenoxy) is 1. The predicted molar refractivity (Wildman–Crippen MR) is 92.9 cm³/mol. The zero-order valence-corrected chi connectivity index (χ0v) is 14.1. The molecule has 6 heteroatoms. The van der Waals surface area contributed by atoms with Gasteiger partial charge < -0.3 is 15.4 Å². The minimum absolute atomic E-state index is 0.133. The van der Waals surface area contributed by atoms with Gasteiger partial charge in [0.05, 0.1) is 18.9 Å². The third-order valence-electron chi connectivity index (χ3n) is 4.19. The maximum Gasteiger partial charge on any atom is 0.319 e. The van der Waals surface area contributed by atoms with Gasteiger partial charge in [0.15, 0.2) is 0 Å². The number of H-pyrrole nitrogens is 1. The van der Waals surface area contributed by atoms with Crippen LogP contribution in [-0.4, -0.2) is 28.4 Å². The molecule has 0 fully saturated rings. The van der Waals surface area contributed by atoms with Crippen LogP contribution in [-0.2, 0) is 24.2 Å². The van der Waals surface area contributed by atoms with Crippen LogP contribution in [0, 0.1) is 0 Å². The van der Waals surface area contributed by atoms with Crippen LogP contribution in [0.25, 0.3) is 0 Å². The normalized spacial score (nSPS) is 16.7. The van der Waals surface area contributed by atoms with E-state index in [1.807, 2.05) is 44.3 Å². The minimum atomic E-state index is -0.177. The number of carbonyl (C=O) groups is 1. The number of anilines is 1. The van der Waals surface area contributed by atoms with Crippen LogP contribution in [0.2, 0.25) is 0 Å². The van der Waals surface area contributed by atoms with E-state index in [9.17, 15) is 4.79 Å². The van der Waals surface area contributed by atoms with Crippen LogP contribution in [0.15, 0.2) is 30.5 Å². The Kier molecular flexibility index (Phi) is 5.15. The Hall–Kier alpha value is -2.34. The molecular weight excluding hydrogens is 304 g/mol. The number of aryl methyl sites for hydroxylation is 1. The van der Waals surface area contributed by atoms with E-state index in [4.69, 9.17) is 4.74 Å². The molecule has 24 heavy (non-hydrogen) atoms. The molecule has 1 atom stereocenters. The summed E-state index contributed by atoms with van der Waals surface area (Å²) in [5, 5.41) is 13.1. The lowest BCUT2D eigenvalue weighted by Gasteiger charge is -2.23. The molecule has 6 nitrogen and oxygen atoms in total. The molecule has 0 saturated heterocycles. The fourth-order valence-corrected chi connectivity index (χ4v) is 2.91. The van der Waals surface area contributed by atoms with E-state index >= 15 is 0 Å². The SMILES string of the molecule is CC(C)OCc1ccccc1NC(=O)N[C@@H]1CCc2[nH]ncc2C1. The number of carbonyl (C=O) groups excluding carboxylic acids is 1. The van der Waals surface area contributed by atoms with Crippen LogP contribution in [0.1, 0.15) is 37.1 Å². The van der Waals surface area contributed by atoms with Crippen LogP contribution >= 0.6 is 0 Å². The first-order valence-electron chi connectivity index (χ1n) is 8.40. The topological polar surface area (TPSA) is 79.0 Å². The van der Waals surface area contributed by atoms with Crippen molar-refractivity contribution in [1.82, 2.24) is 15.5 Å². The van der Waals surface area contributed by atoms with Gasteiger partial charge in [-0.15, -0.1) is 0 Å². The molecule has 128 valence electrons. The molecular formula is C18H24N4O2. The van der Waals surface area contributed by atoms with Crippen molar-refractivity contribution in [2.45, 2.75) is 51.9 Å². The van der Waals surface area contributed by atoms with Crippen molar-refractivity contribution >= 4 is 11.7 Å². The van der Waals surface area contributed by atoms with E-state index < -0.39 is 0 Å². The summed E-state index contributed by atoms with van der Waals surface area (Å²) in [6, 6.07) is 7.68. The van der Waals surface area contributed by atoms with Crippen molar-refractivity contribution in [2.24, 2.45) is 0 Å². The summed E-state index contributed by atoms with van der Waals surface area (Å²) in [7, 11) is 0. The molecule has 0 bridgehead atoms. The van der Waals surface area contributed by atoms with Gasteiger partial charge in [-0.25, -0.2) is 4.79 Å². The third kappa shape index (κ3) is 4.14. The number of amides is 2. The third-order valence-corrected chi connectivity index (χ3v) is 4.19. The Morgan fingerprint density at radius 1 is 1.42 bits per heavy atom. The highest BCUT2D eigenvalue weighted by atomic mass is 16.5. The molecule has 2 aromatic rings. The maximum absolute atomic E-state index is 12.3. The van der Waals surface area contributed by atoms with Crippen LogP contribution < -0.4 is 10.6 Å². The number of hydrogen-bond donors (Lipinski definition) is 3. The molecule has 1 aliphatic carbocycles. The molecule has 0 spiro atoms. The van der Waals surface area contributed by atoms with Gasteiger partial charge in [0.2, 0.25) is 0 Å². The average molecular weight is 328 g/mol. The summed E-state index contributed by atoms with van der Waals surface area (Å²) >= 11 is 0. The molecule has 0 unspecified atom stereocenters. The fraction of sp³-hybridized carbons (Fsp3) is 0.444. The Bertz CT molecular complexity index is 696. The fourth-order valence-electron chi connectivity index (χ4n) is 2.91. The Morgan fingerprint density at radius 3 is 3.08 bits per heavy atom. The highest BCUT2D eigenvalue weighted by molar-refractivity contribution is 5.90. The molecule has 1 heterocycles. The maximum atomic E-state index is 12.3. The average Bonchev–Trinajstić information content (AvgIpc) is 3.01. The predicted octanol–water partition coefficient (Wildman–Crippen LogP) is 3.01. The minimum Gasteiger partial charge on any atom is -0.374 e. The second-order valence-electron chi connectivity index (χ2n) is 6.43. The van der Waals surface area contributed by atoms with E-state index in [2.05, 4.69) is 20.8 Å². The number of hydrogen-bond acceptors (Lipinski definition) is 3. The van der Waals surface area contributed by atoms with Crippen LogP contribution in [0.3, 0.4) is 0 Å². The number of urea groups is 1. The molecule has 0 radical (unpaired) electrons. The zero-order chi connectivity index (χ0) is 16.9. The molecule has 0 saturated carbocycles. The van der Waals surface area contributed by atoms with E-state index in [1.54, 1.807) is 0 Å². The van der Waals surface area contributed by atoms with Gasteiger partial charge in [-0.1, -0.05) is 18.2 Å². The number of para-hydroxylation sites is 1. The number of benzene rings is 1. The number of aromatic amines is 1. The van der Waals surface area contributed by atoms with E-state index in [0.29, 0.717) is 6.61 Å². The van der Waals surface area contributed by atoms with Crippen molar-refractivity contribution in [3.05, 3.63) is 47.3 Å². The van der Waals surface area contributed by atoms with Crippen molar-refractivity contribution < 1.29 is 9.53 Å². The summed E-state index contributed by atoms with van der Waals surface area (Å²) in [5.41, 5.74) is 4.14. The van der Waals surface area contributed by atoms with Crippen molar-refractivity contribution in [3.63, 3.8) is 0 Å². The quantitative estimate of drug-likeness (QED) is 0.789. The van der Waals surface area contributed by atoms with E-state index in [1.165, 1.54) is 11.3 Å². The Balaban J connectivity index is 1.57. The first kappa shape index (κ1) is 16.5. The van der Waals surface area contributed by atoms with Crippen LogP contribution in [0.4, 0.5) is 10.5 Å². The van der Waals surface area contributed by atoms with E-state index in [-0.39, 0.29) is 18.2 Å². The zero-order valence-electron chi connectivity index (χ0n) is 14.1. The summed E-state index contributed by atoms with van der Waals surface area (Å²) < 4.78 is 5.65. The molecule has 1 aliphatic rings. The van der Waals surface area contributed by atoms with Gasteiger partial charge in [-0.05, 0) is 44.7 Å². The Labute approximate surface area is 142 Å². The van der Waals surface area contributed by atoms with Gasteiger partial charge in [-0.3, -0.25) is 5.10 Å². The standard InChI is InChI=1S/C18H24N4O2/c1-12(2)24-11-13-5-3-4-6-16(13)21-18(23)20-15-7-8-17-14(9-15)10-19-22-17/h3-6,10,12,15H,7-9,11H2,1-2H3,(H,19,22)(H2,20,21,23)/t15-/m1/s1. The first-order chi connectivity index (χ1) is 11.6. The smallest absolute Gasteiger partial charge is 0.319 e. The second kappa shape index (κ2) is 7.49. The number of rotatable bonds is 5. The lowest BCUT2D eigenvalue weighted by molar-refractivity contribution is 0.0660. The van der Waals surface area contributed by atoms with Gasteiger partial charge in [0.1, 0.15) is 0 Å².